The first-order chi connectivity index (χ1) is 65.4. The predicted molar refractivity (Wildman–Crippen MR) is 507 cm³/mol. The molecule has 132 heavy (non-hydrogen) atoms. The van der Waals surface area contributed by atoms with Crippen molar-refractivity contribution in [2.75, 3.05) is 0 Å². The number of hydrogen-bond donors (Lipinski definition) is 0. The van der Waals surface area contributed by atoms with Crippen molar-refractivity contribution < 1.29 is 46.7 Å². The van der Waals surface area contributed by atoms with Crippen LogP contribution < -0.4 is 46.7 Å². The molecule has 0 amide bonds. The lowest BCUT2D eigenvalue weighted by Crippen LogP contribution is -2.76. The fourth-order valence-electron chi connectivity index (χ4n) is 24.3. The van der Waals surface area contributed by atoms with Crippen molar-refractivity contribution in [3.63, 3.8) is 0 Å². The summed E-state index contributed by atoms with van der Waals surface area (Å²) in [7, 11) is 0. The summed E-state index contributed by atoms with van der Waals surface area (Å²) < 4.78 is 52.7. The third kappa shape index (κ3) is 8.88. The molecule has 3 unspecified atom stereocenters. The lowest BCUT2D eigenvalue weighted by Gasteiger charge is -2.32. The molecule has 15 nitrogen and oxygen atoms in total. The van der Waals surface area contributed by atoms with Crippen LogP contribution in [0.4, 0.5) is 0 Å². The highest BCUT2D eigenvalue weighted by molar-refractivity contribution is 6.23. The van der Waals surface area contributed by atoms with E-state index in [0.717, 1.165) is 110 Å². The van der Waals surface area contributed by atoms with E-state index in [1.807, 2.05) is 30.3 Å². The van der Waals surface area contributed by atoms with Gasteiger partial charge in [0.1, 0.15) is 73.7 Å². The third-order valence-electron chi connectivity index (χ3n) is 29.5. The van der Waals surface area contributed by atoms with Crippen LogP contribution in [-0.4, -0.2) is 23.2 Å². The van der Waals surface area contributed by atoms with Crippen molar-refractivity contribution in [3.05, 3.63) is 464 Å². The molecular weight excluding hydrogens is 1620 g/mol. The van der Waals surface area contributed by atoms with E-state index in [1.165, 1.54) is 143 Å². The molecule has 15 heteroatoms. The molecule has 33 rings (SSSR count). The van der Waals surface area contributed by atoms with Crippen LogP contribution in [-0.2, 0) is 29.8 Å². The summed E-state index contributed by atoms with van der Waals surface area (Å²) in [5.74, 6) is 9.14. The van der Waals surface area contributed by atoms with E-state index in [9.17, 15) is 0 Å². The van der Waals surface area contributed by atoms with Gasteiger partial charge in [0.25, 0.3) is 11.6 Å². The van der Waals surface area contributed by atoms with Crippen LogP contribution >= 0.6 is 0 Å². The predicted octanol–water partition coefficient (Wildman–Crippen LogP) is 22.6. The number of benzene rings is 16. The summed E-state index contributed by atoms with van der Waals surface area (Å²) in [5.41, 5.74) is 25.2. The SMILES string of the molecule is c1cc2c3c(c1)-n1cc(CCc4cc5ccc6cccc7ccc(c4)c5c67)c[n+]1C31c3c(ccc4c5ccccc5n(c34)-c3cccc[n+]31)O2.c1ccc(-c2cccc(-c3cn4[n+](c3)C35c6c(cccc6-4)Oc4ccc6c7ccccc7n(c6c43)-c3cccc[n+]35)c2)cc1.c1ccc(-c2cccc(-c3cn4[n+](c3)C35c6c(cccc6Oc6cccc[n+]63)Oc3cccc-4c35)c2)cc1. The number of fused-ring (bicyclic) bond motifs is 17. The number of hydrogen-bond acceptors (Lipinski definition) is 4. The average Bonchev–Trinajstić information content (AvgIpc) is 1.53. The zero-order valence-corrected chi connectivity index (χ0v) is 70.8. The maximum Gasteiger partial charge on any atom is 0.452 e. The zero-order valence-electron chi connectivity index (χ0n) is 70.8. The van der Waals surface area contributed by atoms with Gasteiger partial charge in [-0.3, -0.25) is 0 Å². The van der Waals surface area contributed by atoms with E-state index >= 15 is 0 Å². The highest BCUT2D eigenvalue weighted by atomic mass is 16.5. The maximum absolute atomic E-state index is 6.81. The summed E-state index contributed by atoms with van der Waals surface area (Å²) >= 11 is 0. The van der Waals surface area contributed by atoms with Gasteiger partial charge in [-0.25, -0.2) is 0 Å². The molecule has 17 heterocycles. The number of rotatable bonds is 7. The Labute approximate surface area is 754 Å². The molecule has 9 aliphatic heterocycles. The van der Waals surface area contributed by atoms with Crippen LogP contribution in [0.15, 0.2) is 420 Å². The van der Waals surface area contributed by atoms with Gasteiger partial charge in [0.15, 0.2) is 45.2 Å². The minimum atomic E-state index is -0.680. The molecule has 0 N–H and O–H groups in total. The van der Waals surface area contributed by atoms with E-state index in [0.29, 0.717) is 0 Å². The molecule has 0 saturated heterocycles. The van der Waals surface area contributed by atoms with Gasteiger partial charge in [0.2, 0.25) is 18.6 Å². The molecule has 3 spiro atoms. The molecule has 0 fully saturated rings. The minimum absolute atomic E-state index is 0.644. The van der Waals surface area contributed by atoms with E-state index in [1.54, 1.807) is 0 Å². The van der Waals surface area contributed by atoms with Gasteiger partial charge in [0, 0.05) is 45.3 Å². The normalized spacial score (nSPS) is 16.6. The first-order valence-electron chi connectivity index (χ1n) is 45.3. The number of ether oxygens (including phenoxy) is 4. The second-order valence-corrected chi connectivity index (χ2v) is 36.0. The molecule has 24 aromatic rings. The molecule has 9 aliphatic rings. The van der Waals surface area contributed by atoms with Crippen LogP contribution in [0, 0.1) is 0 Å². The van der Waals surface area contributed by atoms with Crippen LogP contribution in [0.25, 0.3) is 149 Å². The fourth-order valence-corrected chi connectivity index (χ4v) is 24.3. The minimum Gasteiger partial charge on any atom is -0.456 e. The number of nitrogens with zero attached hydrogens (tertiary/aromatic N) is 11. The van der Waals surface area contributed by atoms with Gasteiger partial charge in [-0.1, -0.05) is 226 Å². The number of pyridine rings is 3. The fraction of sp³-hybridized carbons (Fsp3) is 0.0427. The molecule has 0 aliphatic carbocycles. The van der Waals surface area contributed by atoms with Gasteiger partial charge >= 0.3 is 22.9 Å². The highest BCUT2D eigenvalue weighted by Crippen LogP contribution is 2.60. The summed E-state index contributed by atoms with van der Waals surface area (Å²) in [6.07, 6.45) is 22.3. The Kier molecular flexibility index (Phi) is 13.6. The molecule has 3 atom stereocenters. The van der Waals surface area contributed by atoms with Gasteiger partial charge in [-0.15, -0.1) is 14.0 Å². The molecule has 8 aromatic heterocycles. The van der Waals surface area contributed by atoms with E-state index in [2.05, 4.69) is 440 Å². The zero-order chi connectivity index (χ0) is 85.7. The maximum atomic E-state index is 6.81. The summed E-state index contributed by atoms with van der Waals surface area (Å²) in [6, 6.07) is 130. The Bertz CT molecular complexity index is 9220. The molecular formula is C117H73N11O4+6. The average molecular weight is 1700 g/mol. The van der Waals surface area contributed by atoms with Crippen LogP contribution in [0.1, 0.15) is 44.5 Å². The molecule has 0 bridgehead atoms. The Balaban J connectivity index is 0.0000000941. The van der Waals surface area contributed by atoms with Crippen LogP contribution in [0.5, 0.6) is 46.1 Å². The standard InChI is InChI=1S/C45H28N4O.C39H24N4O.C33H21N3O2/c1-2-10-35-33(9-1)34-20-21-38-43-44(34)49(35)39-13-3-4-22-46(39)45(43)42-36(11-6-12-37(42)50-38)47-25-28(26-48(45)47)15-14-27-23-31-18-16-29-7-5-8-30-17-19-32(24-27)41(31)40(29)30;1-2-10-25(11-3-1)26-12-8-13-27(22-26)28-23-41-32-16-9-17-33-36(32)39(42(41)24-28)37-34(44-33)20-19-30-29-14-4-5-15-31(29)43(38(30)37)35-18-6-7-21-40(35)39;1-2-9-22(10-3-1)23-11-6-12-24(19-23)25-20-35-26-13-7-14-27-31(26)33(36(35)21-25)32-28(37-27)15-8-16-29(32)38-30-17-4-5-18-34(30)33/h1-13,16-26H,14-15H2;1-24H;1-21H/q3*+2. The number of para-hydroxylation sites is 2. The monoisotopic (exact) mass is 1700 g/mol. The topological polar surface area (TPSA) is 84.9 Å². The second-order valence-electron chi connectivity index (χ2n) is 36.0. The van der Waals surface area contributed by atoms with Crippen molar-refractivity contribution in [2.24, 2.45) is 0 Å². The van der Waals surface area contributed by atoms with Gasteiger partial charge in [-0.05, 0) is 216 Å². The van der Waals surface area contributed by atoms with Crippen molar-refractivity contribution in [1.82, 2.24) is 23.2 Å². The molecule has 16 aromatic carbocycles. The van der Waals surface area contributed by atoms with Crippen molar-refractivity contribution in [3.8, 4) is 119 Å². The molecule has 0 saturated carbocycles. The van der Waals surface area contributed by atoms with Crippen LogP contribution in [0.2, 0.25) is 0 Å². The van der Waals surface area contributed by atoms with E-state index in [4.69, 9.17) is 18.9 Å². The van der Waals surface area contributed by atoms with Crippen LogP contribution in [0.3, 0.4) is 0 Å². The third-order valence-corrected chi connectivity index (χ3v) is 29.5. The van der Waals surface area contributed by atoms with E-state index < -0.39 is 17.0 Å². The lowest BCUT2D eigenvalue weighted by atomic mass is 9.84. The van der Waals surface area contributed by atoms with Crippen molar-refractivity contribution >= 4 is 75.9 Å². The van der Waals surface area contributed by atoms with Crippen molar-refractivity contribution in [2.45, 2.75) is 29.8 Å². The summed E-state index contributed by atoms with van der Waals surface area (Å²) in [6.45, 7) is 0. The molecule has 614 valence electrons. The second kappa shape index (κ2) is 25.4. The van der Waals surface area contributed by atoms with Crippen molar-refractivity contribution in [1.29, 1.82) is 0 Å². The largest absolute Gasteiger partial charge is 0.456 e. The highest BCUT2D eigenvalue weighted by Gasteiger charge is 2.73. The number of aromatic nitrogens is 11. The first kappa shape index (κ1) is 70.6. The van der Waals surface area contributed by atoms with E-state index in [-0.39, 0.29) is 0 Å². The van der Waals surface area contributed by atoms with Gasteiger partial charge in [0.05, 0.1) is 48.2 Å². The molecule has 0 radical (unpaired) electrons. The summed E-state index contributed by atoms with van der Waals surface area (Å²) in [5, 5.41) is 13.0. The van der Waals surface area contributed by atoms with Gasteiger partial charge in [-0.2, -0.15) is 18.3 Å². The smallest absolute Gasteiger partial charge is 0.452 e. The lowest BCUT2D eigenvalue weighted by molar-refractivity contribution is -0.997. The Hall–Kier alpha value is -17.6. The quantitative estimate of drug-likeness (QED) is 0.118. The first-order valence-corrected chi connectivity index (χ1v) is 45.3. The Morgan fingerprint density at radius 2 is 0.621 bits per heavy atom. The Morgan fingerprint density at radius 1 is 0.242 bits per heavy atom. The Morgan fingerprint density at radius 3 is 1.14 bits per heavy atom. The number of aryl methyl sites for hydroxylation is 2. The van der Waals surface area contributed by atoms with Gasteiger partial charge < -0.3 is 18.9 Å². The summed E-state index contributed by atoms with van der Waals surface area (Å²) in [4.78, 5) is 0.